The van der Waals surface area contributed by atoms with Gasteiger partial charge in [-0.05, 0) is 41.1 Å². The first kappa shape index (κ1) is 16.5. The van der Waals surface area contributed by atoms with E-state index in [4.69, 9.17) is 4.98 Å². The first-order valence-electron chi connectivity index (χ1n) is 8.53. The van der Waals surface area contributed by atoms with Gasteiger partial charge in [0.05, 0.1) is 16.3 Å². The number of hydrogen-bond donors (Lipinski definition) is 1. The summed E-state index contributed by atoms with van der Waals surface area (Å²) in [5.41, 5.74) is 3.77. The van der Waals surface area contributed by atoms with Gasteiger partial charge in [0.25, 0.3) is 0 Å². The van der Waals surface area contributed by atoms with Crippen LogP contribution in [-0.4, -0.2) is 4.98 Å². The van der Waals surface area contributed by atoms with Crippen LogP contribution in [0, 0.1) is 0 Å². The van der Waals surface area contributed by atoms with Gasteiger partial charge in [-0.25, -0.2) is 4.98 Å². The summed E-state index contributed by atoms with van der Waals surface area (Å²) in [4.78, 5) is 6.08. The summed E-state index contributed by atoms with van der Waals surface area (Å²) in [6, 6.07) is 21.8. The van der Waals surface area contributed by atoms with Gasteiger partial charge in [-0.15, -0.1) is 22.7 Å². The predicted molar refractivity (Wildman–Crippen MR) is 108 cm³/mol. The van der Waals surface area contributed by atoms with Gasteiger partial charge in [-0.3, -0.25) is 5.32 Å². The van der Waals surface area contributed by atoms with Crippen LogP contribution >= 0.6 is 22.7 Å². The SMILES string of the molecule is CCc1ccc([C@H](NCc2nc3ccccc3s2)c2cccs2)cc1. The molecule has 2 aromatic heterocycles. The number of rotatable bonds is 6. The van der Waals surface area contributed by atoms with Gasteiger partial charge in [0.2, 0.25) is 0 Å². The Morgan fingerprint density at radius 1 is 1.00 bits per heavy atom. The molecule has 0 spiro atoms. The van der Waals surface area contributed by atoms with E-state index < -0.39 is 0 Å². The number of benzene rings is 2. The van der Waals surface area contributed by atoms with Gasteiger partial charge in [0.1, 0.15) is 5.01 Å². The second kappa shape index (κ2) is 7.48. The zero-order chi connectivity index (χ0) is 17.1. The second-order valence-corrected chi connectivity index (χ2v) is 8.09. The Morgan fingerprint density at radius 3 is 2.56 bits per heavy atom. The molecule has 126 valence electrons. The van der Waals surface area contributed by atoms with Crippen molar-refractivity contribution in [1.82, 2.24) is 10.3 Å². The van der Waals surface area contributed by atoms with Gasteiger partial charge in [-0.2, -0.15) is 0 Å². The zero-order valence-electron chi connectivity index (χ0n) is 14.1. The van der Waals surface area contributed by atoms with E-state index in [-0.39, 0.29) is 6.04 Å². The topological polar surface area (TPSA) is 24.9 Å². The summed E-state index contributed by atoms with van der Waals surface area (Å²) in [5.74, 6) is 0. The molecule has 4 heteroatoms. The fourth-order valence-electron chi connectivity index (χ4n) is 2.97. The maximum Gasteiger partial charge on any atom is 0.108 e. The van der Waals surface area contributed by atoms with E-state index in [0.29, 0.717) is 0 Å². The van der Waals surface area contributed by atoms with E-state index in [1.807, 2.05) is 6.07 Å². The van der Waals surface area contributed by atoms with Crippen LogP contribution < -0.4 is 5.32 Å². The van der Waals surface area contributed by atoms with Crippen molar-refractivity contribution in [3.63, 3.8) is 0 Å². The Hall–Kier alpha value is -2.01. The number of para-hydroxylation sites is 1. The standard InChI is InChI=1S/C21H20N2S2/c1-2-15-9-11-16(12-10-15)21(19-8-5-13-24-19)22-14-20-23-17-6-3-4-7-18(17)25-20/h3-13,21-22H,2,14H2,1H3/t21-/m0/s1. The lowest BCUT2D eigenvalue weighted by Gasteiger charge is -2.18. The van der Waals surface area contributed by atoms with Crippen molar-refractivity contribution in [2.24, 2.45) is 0 Å². The largest absolute Gasteiger partial charge is 0.299 e. The molecule has 0 aliphatic carbocycles. The fraction of sp³-hybridized carbons (Fsp3) is 0.190. The second-order valence-electron chi connectivity index (χ2n) is 6.00. The van der Waals surface area contributed by atoms with E-state index in [0.717, 1.165) is 23.5 Å². The molecule has 0 aliphatic heterocycles. The lowest BCUT2D eigenvalue weighted by Crippen LogP contribution is -2.21. The van der Waals surface area contributed by atoms with E-state index in [9.17, 15) is 0 Å². The number of thiophene rings is 1. The minimum absolute atomic E-state index is 0.206. The zero-order valence-corrected chi connectivity index (χ0v) is 15.7. The average Bonchev–Trinajstić information content (AvgIpc) is 3.32. The van der Waals surface area contributed by atoms with Gasteiger partial charge >= 0.3 is 0 Å². The Labute approximate surface area is 156 Å². The molecule has 4 rings (SSSR count). The van der Waals surface area contributed by atoms with Gasteiger partial charge in [0.15, 0.2) is 0 Å². The highest BCUT2D eigenvalue weighted by atomic mass is 32.1. The number of nitrogens with zero attached hydrogens (tertiary/aromatic N) is 1. The van der Waals surface area contributed by atoms with Gasteiger partial charge in [0, 0.05) is 11.4 Å². The third-order valence-corrected chi connectivity index (χ3v) is 6.32. The summed E-state index contributed by atoms with van der Waals surface area (Å²) in [6.07, 6.45) is 1.07. The Kier molecular flexibility index (Phi) is 4.92. The van der Waals surface area contributed by atoms with E-state index in [1.54, 1.807) is 22.7 Å². The Balaban J connectivity index is 1.57. The molecule has 0 saturated carbocycles. The maximum absolute atomic E-state index is 4.75. The van der Waals surface area contributed by atoms with Crippen molar-refractivity contribution >= 4 is 32.9 Å². The molecular formula is C21H20N2S2. The molecular weight excluding hydrogens is 344 g/mol. The predicted octanol–water partition coefficient (Wildman–Crippen LogP) is 5.80. The van der Waals surface area contributed by atoms with Crippen LogP contribution in [0.2, 0.25) is 0 Å². The van der Waals surface area contributed by atoms with E-state index >= 15 is 0 Å². The first-order chi connectivity index (χ1) is 12.3. The van der Waals surface area contributed by atoms with E-state index in [2.05, 4.69) is 72.2 Å². The van der Waals surface area contributed by atoms with Crippen molar-refractivity contribution in [2.45, 2.75) is 25.9 Å². The van der Waals surface area contributed by atoms with Gasteiger partial charge in [-0.1, -0.05) is 49.4 Å². The molecule has 2 aromatic carbocycles. The average molecular weight is 365 g/mol. The van der Waals surface area contributed by atoms with Gasteiger partial charge < -0.3 is 0 Å². The number of hydrogen-bond acceptors (Lipinski definition) is 4. The van der Waals surface area contributed by atoms with Crippen LogP contribution in [0.5, 0.6) is 0 Å². The summed E-state index contributed by atoms with van der Waals surface area (Å²) >= 11 is 3.56. The van der Waals surface area contributed by atoms with Crippen LogP contribution in [0.25, 0.3) is 10.2 Å². The number of nitrogens with one attached hydrogen (secondary N) is 1. The summed E-state index contributed by atoms with van der Waals surface area (Å²) in [7, 11) is 0. The molecule has 0 saturated heterocycles. The molecule has 0 bridgehead atoms. The number of aryl methyl sites for hydroxylation is 1. The van der Waals surface area contributed by atoms with Crippen LogP contribution in [0.1, 0.15) is 34.0 Å². The van der Waals surface area contributed by atoms with Crippen molar-refractivity contribution < 1.29 is 0 Å². The quantitative estimate of drug-likeness (QED) is 0.468. The molecule has 0 radical (unpaired) electrons. The minimum Gasteiger partial charge on any atom is -0.299 e. The number of thiazole rings is 1. The van der Waals surface area contributed by atoms with E-state index in [1.165, 1.54) is 20.7 Å². The van der Waals surface area contributed by atoms with Crippen LogP contribution in [0.4, 0.5) is 0 Å². The Morgan fingerprint density at radius 2 is 1.84 bits per heavy atom. The molecule has 2 nitrogen and oxygen atoms in total. The molecule has 0 unspecified atom stereocenters. The molecule has 25 heavy (non-hydrogen) atoms. The summed E-state index contributed by atoms with van der Waals surface area (Å²) < 4.78 is 1.25. The van der Waals surface area contributed by atoms with Crippen LogP contribution in [0.15, 0.2) is 66.0 Å². The normalized spacial score (nSPS) is 12.5. The van der Waals surface area contributed by atoms with Crippen molar-refractivity contribution in [1.29, 1.82) is 0 Å². The lowest BCUT2D eigenvalue weighted by molar-refractivity contribution is 0.612. The summed E-state index contributed by atoms with van der Waals surface area (Å²) in [6.45, 7) is 2.97. The molecule has 4 aromatic rings. The molecule has 0 fully saturated rings. The molecule has 2 heterocycles. The lowest BCUT2D eigenvalue weighted by atomic mass is 10.0. The first-order valence-corrected chi connectivity index (χ1v) is 10.2. The van der Waals surface area contributed by atoms with Crippen molar-refractivity contribution in [3.05, 3.63) is 87.1 Å². The fourth-order valence-corrected chi connectivity index (χ4v) is 4.71. The molecule has 1 N–H and O–H groups in total. The third-order valence-electron chi connectivity index (χ3n) is 4.34. The van der Waals surface area contributed by atoms with Crippen molar-refractivity contribution in [3.8, 4) is 0 Å². The highest BCUT2D eigenvalue weighted by Crippen LogP contribution is 2.28. The highest BCUT2D eigenvalue weighted by molar-refractivity contribution is 7.18. The molecule has 1 atom stereocenters. The maximum atomic E-state index is 4.75. The highest BCUT2D eigenvalue weighted by Gasteiger charge is 2.15. The van der Waals surface area contributed by atoms with Crippen LogP contribution in [-0.2, 0) is 13.0 Å². The summed E-state index contributed by atoms with van der Waals surface area (Å²) in [5, 5.41) is 6.98. The third kappa shape index (κ3) is 3.66. The molecule has 0 aliphatic rings. The minimum atomic E-state index is 0.206. The monoisotopic (exact) mass is 364 g/mol. The van der Waals surface area contributed by atoms with Crippen molar-refractivity contribution in [2.75, 3.05) is 0 Å². The number of fused-ring (bicyclic) bond motifs is 1. The number of aromatic nitrogens is 1. The molecule has 0 amide bonds. The smallest absolute Gasteiger partial charge is 0.108 e. The van der Waals surface area contributed by atoms with Crippen LogP contribution in [0.3, 0.4) is 0 Å². The Bertz CT molecular complexity index is 907.